The number of amides is 1. The molecule has 0 aliphatic heterocycles. The molecule has 0 saturated heterocycles. The van der Waals surface area contributed by atoms with Gasteiger partial charge in [-0.3, -0.25) is 4.79 Å². The summed E-state index contributed by atoms with van der Waals surface area (Å²) in [4.78, 5) is 12.5. The summed E-state index contributed by atoms with van der Waals surface area (Å²) in [7, 11) is -4.13. The molecule has 0 heterocycles. The molecule has 0 spiro atoms. The first-order chi connectivity index (χ1) is 12.8. The third-order valence-corrected chi connectivity index (χ3v) is 5.00. The first kappa shape index (κ1) is 18.9. The molecule has 0 aromatic heterocycles. The van der Waals surface area contributed by atoms with Gasteiger partial charge in [0, 0.05) is 10.7 Å². The second-order valence-electron chi connectivity index (χ2n) is 5.45. The van der Waals surface area contributed by atoms with Crippen molar-refractivity contribution in [2.45, 2.75) is 4.90 Å². The number of anilines is 1. The smallest absolute Gasteiger partial charge is 0.339 e. The molecule has 3 rings (SSSR count). The third-order valence-electron chi connectivity index (χ3n) is 3.52. The van der Waals surface area contributed by atoms with Crippen LogP contribution in [0.3, 0.4) is 0 Å². The number of hydrogen-bond donors (Lipinski definition) is 1. The predicted molar refractivity (Wildman–Crippen MR) is 100 cm³/mol. The van der Waals surface area contributed by atoms with E-state index in [0.717, 1.165) is 0 Å². The third kappa shape index (κ3) is 4.64. The first-order valence-corrected chi connectivity index (χ1v) is 9.50. The Hall–Kier alpha value is -2.90. The van der Waals surface area contributed by atoms with Crippen molar-refractivity contribution >= 4 is 33.3 Å². The number of benzene rings is 3. The molecule has 0 unspecified atom stereocenters. The second-order valence-corrected chi connectivity index (χ2v) is 7.43. The molecule has 0 saturated carbocycles. The van der Waals surface area contributed by atoms with E-state index in [-0.39, 0.29) is 21.2 Å². The van der Waals surface area contributed by atoms with Crippen molar-refractivity contribution < 1.29 is 21.8 Å². The molecule has 0 aliphatic rings. The van der Waals surface area contributed by atoms with Crippen molar-refractivity contribution in [3.63, 3.8) is 0 Å². The normalized spacial score (nSPS) is 11.0. The molecule has 5 nitrogen and oxygen atoms in total. The molecule has 0 aliphatic carbocycles. The Bertz CT molecular complexity index is 1070. The molecule has 3 aromatic rings. The zero-order chi connectivity index (χ0) is 19.4. The largest absolute Gasteiger partial charge is 0.378 e. The Morgan fingerprint density at radius 1 is 0.963 bits per heavy atom. The van der Waals surface area contributed by atoms with Crippen molar-refractivity contribution in [1.82, 2.24) is 0 Å². The molecule has 0 fully saturated rings. The topological polar surface area (TPSA) is 72.5 Å². The van der Waals surface area contributed by atoms with Crippen LogP contribution < -0.4 is 9.50 Å². The van der Waals surface area contributed by atoms with Gasteiger partial charge in [0.15, 0.2) is 5.75 Å². The summed E-state index contributed by atoms with van der Waals surface area (Å²) in [5.74, 6) is -1.28. The van der Waals surface area contributed by atoms with Gasteiger partial charge in [-0.25, -0.2) is 4.39 Å². The highest BCUT2D eigenvalue weighted by Gasteiger charge is 2.21. The lowest BCUT2D eigenvalue weighted by Crippen LogP contribution is -2.16. The lowest BCUT2D eigenvalue weighted by Gasteiger charge is -2.12. The number of halogens is 2. The van der Waals surface area contributed by atoms with E-state index < -0.39 is 21.8 Å². The second kappa shape index (κ2) is 7.77. The van der Waals surface area contributed by atoms with Gasteiger partial charge in [0.25, 0.3) is 5.91 Å². The van der Waals surface area contributed by atoms with Crippen molar-refractivity contribution in [3.8, 4) is 5.75 Å². The van der Waals surface area contributed by atoms with Crippen molar-refractivity contribution in [2.24, 2.45) is 0 Å². The predicted octanol–water partition coefficient (Wildman–Crippen LogP) is 4.50. The van der Waals surface area contributed by atoms with E-state index in [9.17, 15) is 17.6 Å². The van der Waals surface area contributed by atoms with Crippen molar-refractivity contribution in [1.29, 1.82) is 0 Å². The monoisotopic (exact) mass is 405 g/mol. The van der Waals surface area contributed by atoms with Crippen LogP contribution in [0.1, 0.15) is 10.4 Å². The maximum Gasteiger partial charge on any atom is 0.339 e. The van der Waals surface area contributed by atoms with E-state index in [1.54, 1.807) is 18.2 Å². The molecule has 0 atom stereocenters. The van der Waals surface area contributed by atoms with Crippen LogP contribution in [0.25, 0.3) is 0 Å². The average Bonchev–Trinajstić information content (AvgIpc) is 2.65. The van der Waals surface area contributed by atoms with E-state index in [1.807, 2.05) is 0 Å². The molecule has 0 radical (unpaired) electrons. The SMILES string of the molecule is O=C(Nc1ccc(F)cc1)c1cc(Cl)ccc1OS(=O)(=O)c1ccccc1. The fourth-order valence-corrected chi connectivity index (χ4v) is 3.38. The maximum absolute atomic E-state index is 13.0. The van der Waals surface area contributed by atoms with E-state index in [0.29, 0.717) is 5.69 Å². The van der Waals surface area contributed by atoms with E-state index in [4.69, 9.17) is 15.8 Å². The van der Waals surface area contributed by atoms with Gasteiger partial charge in [-0.05, 0) is 54.6 Å². The van der Waals surface area contributed by atoms with Crippen LogP contribution in [0.15, 0.2) is 77.7 Å². The minimum atomic E-state index is -4.13. The fraction of sp³-hybridized carbons (Fsp3) is 0. The summed E-state index contributed by atoms with van der Waals surface area (Å²) in [5, 5.41) is 2.77. The Labute approximate surface area is 160 Å². The van der Waals surface area contributed by atoms with E-state index in [2.05, 4.69) is 5.32 Å². The van der Waals surface area contributed by atoms with Crippen LogP contribution in [0.2, 0.25) is 5.02 Å². The molecule has 0 bridgehead atoms. The number of hydrogen-bond acceptors (Lipinski definition) is 4. The average molecular weight is 406 g/mol. The number of carbonyl (C=O) groups is 1. The van der Waals surface area contributed by atoms with Gasteiger partial charge in [-0.15, -0.1) is 0 Å². The van der Waals surface area contributed by atoms with Gasteiger partial charge >= 0.3 is 10.1 Å². The number of nitrogens with one attached hydrogen (secondary N) is 1. The Kier molecular flexibility index (Phi) is 5.43. The molecule has 3 aromatic carbocycles. The quantitative estimate of drug-likeness (QED) is 0.634. The molecular formula is C19H13ClFNO4S. The Morgan fingerprint density at radius 3 is 2.30 bits per heavy atom. The summed E-state index contributed by atoms with van der Waals surface area (Å²) < 4.78 is 43.0. The summed E-state index contributed by atoms with van der Waals surface area (Å²) in [6, 6.07) is 16.6. The molecule has 27 heavy (non-hydrogen) atoms. The summed E-state index contributed by atoms with van der Waals surface area (Å²) in [5.41, 5.74) is 0.254. The lowest BCUT2D eigenvalue weighted by molar-refractivity contribution is 0.102. The van der Waals surface area contributed by atoms with Crippen LogP contribution in [-0.4, -0.2) is 14.3 Å². The maximum atomic E-state index is 13.0. The minimum absolute atomic E-state index is 0.0511. The molecule has 1 N–H and O–H groups in total. The highest BCUT2D eigenvalue weighted by Crippen LogP contribution is 2.27. The van der Waals surface area contributed by atoms with Gasteiger partial charge < -0.3 is 9.50 Å². The van der Waals surface area contributed by atoms with Crippen LogP contribution in [0, 0.1) is 5.82 Å². The Balaban J connectivity index is 1.91. The molecular weight excluding hydrogens is 393 g/mol. The molecule has 1 amide bonds. The summed E-state index contributed by atoms with van der Waals surface area (Å²) in [6.07, 6.45) is 0. The molecule has 138 valence electrons. The highest BCUT2D eigenvalue weighted by atomic mass is 35.5. The van der Waals surface area contributed by atoms with Crippen molar-refractivity contribution in [3.05, 3.63) is 89.2 Å². The van der Waals surface area contributed by atoms with Crippen LogP contribution >= 0.6 is 11.6 Å². The van der Waals surface area contributed by atoms with Gasteiger partial charge in [-0.1, -0.05) is 29.8 Å². The number of rotatable bonds is 5. The van der Waals surface area contributed by atoms with Crippen LogP contribution in [0.4, 0.5) is 10.1 Å². The van der Waals surface area contributed by atoms with E-state index >= 15 is 0 Å². The standard InChI is InChI=1S/C19H13ClFNO4S/c20-13-6-11-18(26-27(24,25)16-4-2-1-3-5-16)17(12-13)19(23)22-15-9-7-14(21)8-10-15/h1-12H,(H,22,23). The van der Waals surface area contributed by atoms with Crippen LogP contribution in [-0.2, 0) is 10.1 Å². The van der Waals surface area contributed by atoms with Gasteiger partial charge in [0.2, 0.25) is 0 Å². The zero-order valence-corrected chi connectivity index (χ0v) is 15.3. The molecule has 8 heteroatoms. The van der Waals surface area contributed by atoms with Crippen LogP contribution in [0.5, 0.6) is 5.75 Å². The number of carbonyl (C=O) groups excluding carboxylic acids is 1. The lowest BCUT2D eigenvalue weighted by atomic mass is 10.2. The minimum Gasteiger partial charge on any atom is -0.378 e. The van der Waals surface area contributed by atoms with E-state index in [1.165, 1.54) is 54.6 Å². The first-order valence-electron chi connectivity index (χ1n) is 7.71. The zero-order valence-electron chi connectivity index (χ0n) is 13.7. The summed E-state index contributed by atoms with van der Waals surface area (Å²) >= 11 is 5.94. The van der Waals surface area contributed by atoms with Gasteiger partial charge in [0.05, 0.1) is 5.56 Å². The van der Waals surface area contributed by atoms with Crippen molar-refractivity contribution in [2.75, 3.05) is 5.32 Å². The van der Waals surface area contributed by atoms with Gasteiger partial charge in [0.1, 0.15) is 10.7 Å². The Morgan fingerprint density at radius 2 is 1.63 bits per heavy atom. The highest BCUT2D eigenvalue weighted by molar-refractivity contribution is 7.87. The fourth-order valence-electron chi connectivity index (χ4n) is 2.24. The van der Waals surface area contributed by atoms with Gasteiger partial charge in [-0.2, -0.15) is 8.42 Å². The summed E-state index contributed by atoms with van der Waals surface area (Å²) in [6.45, 7) is 0.